The predicted molar refractivity (Wildman–Crippen MR) is 78.0 cm³/mol. The van der Waals surface area contributed by atoms with Crippen LogP contribution in [0.3, 0.4) is 0 Å². The highest BCUT2D eigenvalue weighted by Gasteiger charge is 2.12. The van der Waals surface area contributed by atoms with Crippen molar-refractivity contribution in [2.24, 2.45) is 0 Å². The average molecular weight is 264 g/mol. The highest BCUT2D eigenvalue weighted by molar-refractivity contribution is 5.47. The highest BCUT2D eigenvalue weighted by Crippen LogP contribution is 2.19. The normalized spacial score (nSPS) is 16.6. The van der Waals surface area contributed by atoms with Crippen LogP contribution in [0, 0.1) is 0 Å². The molecule has 4 nitrogen and oxygen atoms in total. The Morgan fingerprint density at radius 1 is 1.21 bits per heavy atom. The largest absolute Gasteiger partial charge is 0.492 e. The number of nitrogens with one attached hydrogen (secondary N) is 1. The molecule has 0 spiro atoms. The third-order valence-corrected chi connectivity index (χ3v) is 3.25. The molecule has 106 valence electrons. The van der Waals surface area contributed by atoms with Crippen molar-refractivity contribution in [3.05, 3.63) is 24.3 Å². The van der Waals surface area contributed by atoms with Gasteiger partial charge in [0.05, 0.1) is 0 Å². The maximum atomic E-state index is 5.67. The minimum atomic E-state index is 0.536. The van der Waals surface area contributed by atoms with Gasteiger partial charge in [0, 0.05) is 31.5 Å². The van der Waals surface area contributed by atoms with Gasteiger partial charge < -0.3 is 19.7 Å². The van der Waals surface area contributed by atoms with E-state index in [1.54, 1.807) is 0 Å². The Kier molecular flexibility index (Phi) is 5.48. The van der Waals surface area contributed by atoms with E-state index in [0.717, 1.165) is 50.6 Å². The summed E-state index contributed by atoms with van der Waals surface area (Å²) in [5.41, 5.74) is 1.16. The molecule has 4 heteroatoms. The summed E-state index contributed by atoms with van der Waals surface area (Å²) in [5.74, 6) is 0.930. The minimum Gasteiger partial charge on any atom is -0.492 e. The van der Waals surface area contributed by atoms with Crippen molar-refractivity contribution >= 4 is 5.69 Å². The van der Waals surface area contributed by atoms with Gasteiger partial charge in [-0.2, -0.15) is 0 Å². The van der Waals surface area contributed by atoms with Gasteiger partial charge in [-0.25, -0.2) is 0 Å². The molecule has 1 aromatic carbocycles. The second-order valence-corrected chi connectivity index (χ2v) is 5.21. The van der Waals surface area contributed by atoms with Gasteiger partial charge in [-0.15, -0.1) is 0 Å². The molecule has 1 aromatic rings. The van der Waals surface area contributed by atoms with E-state index >= 15 is 0 Å². The van der Waals surface area contributed by atoms with Crippen molar-refractivity contribution in [2.75, 3.05) is 45.8 Å². The summed E-state index contributed by atoms with van der Waals surface area (Å²) >= 11 is 0. The zero-order chi connectivity index (χ0) is 13.5. The molecule has 0 unspecified atom stereocenters. The van der Waals surface area contributed by atoms with Gasteiger partial charge >= 0.3 is 0 Å². The summed E-state index contributed by atoms with van der Waals surface area (Å²) in [6.45, 7) is 3.38. The third kappa shape index (κ3) is 5.09. The first-order valence-corrected chi connectivity index (χ1v) is 6.96. The van der Waals surface area contributed by atoms with Gasteiger partial charge in [0.1, 0.15) is 12.4 Å². The molecule has 0 amide bonds. The number of likely N-dealkylation sites (N-methyl/N-ethyl adjacent to an activating group) is 1. The van der Waals surface area contributed by atoms with Crippen molar-refractivity contribution in [3.8, 4) is 5.75 Å². The smallest absolute Gasteiger partial charge is 0.119 e. The lowest BCUT2D eigenvalue weighted by Gasteiger charge is -2.24. The van der Waals surface area contributed by atoms with Crippen LogP contribution in [0.4, 0.5) is 5.69 Å². The van der Waals surface area contributed by atoms with Crippen LogP contribution in [-0.4, -0.2) is 51.4 Å². The van der Waals surface area contributed by atoms with Crippen LogP contribution in [0.25, 0.3) is 0 Å². The Labute approximate surface area is 115 Å². The van der Waals surface area contributed by atoms with Crippen LogP contribution in [0.2, 0.25) is 0 Å². The summed E-state index contributed by atoms with van der Waals surface area (Å²) in [6.07, 6.45) is 2.17. The molecule has 1 saturated heterocycles. The second-order valence-electron chi connectivity index (χ2n) is 5.21. The van der Waals surface area contributed by atoms with Crippen molar-refractivity contribution in [1.29, 1.82) is 0 Å². The Hall–Kier alpha value is -1.26. The maximum Gasteiger partial charge on any atom is 0.119 e. The van der Waals surface area contributed by atoms with Gasteiger partial charge in [-0.05, 0) is 51.2 Å². The Morgan fingerprint density at radius 2 is 1.89 bits per heavy atom. The number of rotatable bonds is 6. The summed E-state index contributed by atoms with van der Waals surface area (Å²) in [6, 6.07) is 8.75. The number of anilines is 1. The molecule has 0 radical (unpaired) electrons. The molecule has 0 aliphatic carbocycles. The van der Waals surface area contributed by atoms with E-state index in [1.807, 2.05) is 26.2 Å². The first kappa shape index (κ1) is 14.2. The van der Waals surface area contributed by atoms with Crippen molar-refractivity contribution in [1.82, 2.24) is 4.90 Å². The molecule has 0 bridgehead atoms. The molecule has 1 fully saturated rings. The van der Waals surface area contributed by atoms with Gasteiger partial charge in [-0.1, -0.05) is 0 Å². The zero-order valence-corrected chi connectivity index (χ0v) is 11.9. The fraction of sp³-hybridized carbons (Fsp3) is 0.600. The molecular formula is C15H24N2O2. The summed E-state index contributed by atoms with van der Waals surface area (Å²) in [7, 11) is 4.09. The van der Waals surface area contributed by atoms with Crippen LogP contribution in [0.15, 0.2) is 24.3 Å². The van der Waals surface area contributed by atoms with Crippen LogP contribution in [-0.2, 0) is 4.74 Å². The van der Waals surface area contributed by atoms with E-state index in [2.05, 4.69) is 22.3 Å². The number of hydrogen-bond donors (Lipinski definition) is 1. The minimum absolute atomic E-state index is 0.536. The molecule has 1 aliphatic heterocycles. The van der Waals surface area contributed by atoms with E-state index in [0.29, 0.717) is 6.04 Å². The van der Waals surface area contributed by atoms with Crippen molar-refractivity contribution in [2.45, 2.75) is 18.9 Å². The van der Waals surface area contributed by atoms with Gasteiger partial charge in [0.25, 0.3) is 0 Å². The predicted octanol–water partition coefficient (Wildman–Crippen LogP) is 2.22. The molecule has 1 aliphatic rings. The number of benzene rings is 1. The first-order chi connectivity index (χ1) is 9.24. The molecule has 1 heterocycles. The highest BCUT2D eigenvalue weighted by atomic mass is 16.5. The molecule has 1 N–H and O–H groups in total. The van der Waals surface area contributed by atoms with Crippen LogP contribution >= 0.6 is 0 Å². The lowest BCUT2D eigenvalue weighted by atomic mass is 10.1. The van der Waals surface area contributed by atoms with E-state index < -0.39 is 0 Å². The quantitative estimate of drug-likeness (QED) is 0.854. The van der Waals surface area contributed by atoms with Crippen molar-refractivity contribution in [3.63, 3.8) is 0 Å². The first-order valence-electron chi connectivity index (χ1n) is 6.96. The SMILES string of the molecule is CN(C)CCOc1ccc(NC2CCOCC2)cc1. The Bertz CT molecular complexity index is 359. The average Bonchev–Trinajstić information content (AvgIpc) is 2.42. The molecule has 0 atom stereocenters. The fourth-order valence-electron chi connectivity index (χ4n) is 2.07. The number of hydrogen-bond acceptors (Lipinski definition) is 4. The van der Waals surface area contributed by atoms with Gasteiger partial charge in [0.2, 0.25) is 0 Å². The van der Waals surface area contributed by atoms with E-state index in [4.69, 9.17) is 9.47 Å². The number of nitrogens with zero attached hydrogens (tertiary/aromatic N) is 1. The van der Waals surface area contributed by atoms with E-state index in [9.17, 15) is 0 Å². The standard InChI is InChI=1S/C15H24N2O2/c1-17(2)9-12-19-15-5-3-13(4-6-15)16-14-7-10-18-11-8-14/h3-6,14,16H,7-12H2,1-2H3. The molecule has 19 heavy (non-hydrogen) atoms. The molecule has 0 saturated carbocycles. The number of ether oxygens (including phenoxy) is 2. The van der Waals surface area contributed by atoms with Crippen LogP contribution in [0.1, 0.15) is 12.8 Å². The van der Waals surface area contributed by atoms with Gasteiger partial charge in [-0.3, -0.25) is 0 Å². The summed E-state index contributed by atoms with van der Waals surface area (Å²) in [4.78, 5) is 2.11. The molecule has 0 aromatic heterocycles. The summed E-state index contributed by atoms with van der Waals surface area (Å²) in [5, 5.41) is 3.54. The fourth-order valence-corrected chi connectivity index (χ4v) is 2.07. The Balaban J connectivity index is 1.77. The van der Waals surface area contributed by atoms with Crippen LogP contribution in [0.5, 0.6) is 5.75 Å². The summed E-state index contributed by atoms with van der Waals surface area (Å²) < 4.78 is 11.0. The van der Waals surface area contributed by atoms with E-state index in [-0.39, 0.29) is 0 Å². The van der Waals surface area contributed by atoms with E-state index in [1.165, 1.54) is 0 Å². The lowest BCUT2D eigenvalue weighted by Crippen LogP contribution is -2.27. The lowest BCUT2D eigenvalue weighted by molar-refractivity contribution is 0.0904. The zero-order valence-electron chi connectivity index (χ0n) is 11.9. The topological polar surface area (TPSA) is 33.7 Å². The maximum absolute atomic E-state index is 5.67. The molecular weight excluding hydrogens is 240 g/mol. The molecule has 2 rings (SSSR count). The van der Waals surface area contributed by atoms with Gasteiger partial charge in [0.15, 0.2) is 0 Å². The monoisotopic (exact) mass is 264 g/mol. The third-order valence-electron chi connectivity index (χ3n) is 3.25. The van der Waals surface area contributed by atoms with Crippen molar-refractivity contribution < 1.29 is 9.47 Å². The second kappa shape index (κ2) is 7.36. The van der Waals surface area contributed by atoms with Crippen LogP contribution < -0.4 is 10.1 Å². The Morgan fingerprint density at radius 3 is 2.53 bits per heavy atom.